The summed E-state index contributed by atoms with van der Waals surface area (Å²) in [6.07, 6.45) is 6.26. The highest BCUT2D eigenvalue weighted by Crippen LogP contribution is 2.45. The van der Waals surface area contributed by atoms with Gasteiger partial charge in [-0.1, -0.05) is 12.5 Å². The SMILES string of the molecule is COc1cc(C2(CN)CCC2)ccc1OCC1CC1. The molecule has 0 bridgehead atoms. The second-order valence-corrected chi connectivity index (χ2v) is 5.96. The van der Waals surface area contributed by atoms with Gasteiger partial charge in [0.25, 0.3) is 0 Å². The molecule has 2 aliphatic carbocycles. The van der Waals surface area contributed by atoms with E-state index in [0.29, 0.717) is 0 Å². The van der Waals surface area contributed by atoms with E-state index >= 15 is 0 Å². The monoisotopic (exact) mass is 261 g/mol. The van der Waals surface area contributed by atoms with E-state index in [2.05, 4.69) is 12.1 Å². The minimum atomic E-state index is 0.183. The Bertz CT molecular complexity index is 445. The van der Waals surface area contributed by atoms with Gasteiger partial charge in [-0.15, -0.1) is 0 Å². The van der Waals surface area contributed by atoms with E-state index in [1.54, 1.807) is 7.11 Å². The second kappa shape index (κ2) is 5.04. The van der Waals surface area contributed by atoms with Crippen LogP contribution < -0.4 is 15.2 Å². The Morgan fingerprint density at radius 1 is 1.26 bits per heavy atom. The fourth-order valence-corrected chi connectivity index (χ4v) is 2.82. The summed E-state index contributed by atoms with van der Waals surface area (Å²) in [5, 5.41) is 0. The van der Waals surface area contributed by atoms with Crippen LogP contribution >= 0.6 is 0 Å². The highest BCUT2D eigenvalue weighted by molar-refractivity contribution is 5.46. The van der Waals surface area contributed by atoms with Gasteiger partial charge in [0.2, 0.25) is 0 Å². The maximum Gasteiger partial charge on any atom is 0.161 e. The van der Waals surface area contributed by atoms with Crippen LogP contribution in [-0.2, 0) is 5.41 Å². The summed E-state index contributed by atoms with van der Waals surface area (Å²) in [5.74, 6) is 2.47. The first-order valence-electron chi connectivity index (χ1n) is 7.29. The van der Waals surface area contributed by atoms with Gasteiger partial charge in [0.1, 0.15) is 0 Å². The maximum atomic E-state index is 5.96. The maximum absolute atomic E-state index is 5.96. The fraction of sp³-hybridized carbons (Fsp3) is 0.625. The van der Waals surface area contributed by atoms with Crippen LogP contribution in [0.4, 0.5) is 0 Å². The third kappa shape index (κ3) is 2.44. The van der Waals surface area contributed by atoms with Crippen molar-refractivity contribution in [2.45, 2.75) is 37.5 Å². The van der Waals surface area contributed by atoms with Crippen LogP contribution in [0.15, 0.2) is 18.2 Å². The Labute approximate surface area is 115 Å². The molecule has 2 fully saturated rings. The van der Waals surface area contributed by atoms with Gasteiger partial charge in [0, 0.05) is 12.0 Å². The van der Waals surface area contributed by atoms with Crippen LogP contribution in [0.3, 0.4) is 0 Å². The molecule has 0 amide bonds. The molecule has 1 aromatic rings. The van der Waals surface area contributed by atoms with Gasteiger partial charge in [-0.2, -0.15) is 0 Å². The molecule has 3 heteroatoms. The van der Waals surface area contributed by atoms with Crippen molar-refractivity contribution in [1.29, 1.82) is 0 Å². The molecule has 0 aromatic heterocycles. The van der Waals surface area contributed by atoms with E-state index in [4.69, 9.17) is 15.2 Å². The number of hydrogen-bond acceptors (Lipinski definition) is 3. The molecule has 0 unspecified atom stereocenters. The van der Waals surface area contributed by atoms with Crippen molar-refractivity contribution in [2.24, 2.45) is 11.7 Å². The Morgan fingerprint density at radius 3 is 2.58 bits per heavy atom. The Kier molecular flexibility index (Phi) is 3.40. The topological polar surface area (TPSA) is 44.5 Å². The average Bonchev–Trinajstić information content (AvgIpc) is 3.20. The number of nitrogens with two attached hydrogens (primary N) is 1. The van der Waals surface area contributed by atoms with Gasteiger partial charge in [-0.05, 0) is 49.3 Å². The van der Waals surface area contributed by atoms with Crippen LogP contribution in [0.1, 0.15) is 37.7 Å². The molecule has 0 aliphatic heterocycles. The molecular weight excluding hydrogens is 238 g/mol. The van der Waals surface area contributed by atoms with Crippen LogP contribution in [0, 0.1) is 5.92 Å². The summed E-state index contributed by atoms with van der Waals surface area (Å²) >= 11 is 0. The van der Waals surface area contributed by atoms with E-state index < -0.39 is 0 Å². The number of benzene rings is 1. The molecule has 0 saturated heterocycles. The summed E-state index contributed by atoms with van der Waals surface area (Å²) in [4.78, 5) is 0. The van der Waals surface area contributed by atoms with Crippen LogP contribution in [0.5, 0.6) is 11.5 Å². The zero-order valence-electron chi connectivity index (χ0n) is 11.7. The van der Waals surface area contributed by atoms with Crippen LogP contribution in [0.2, 0.25) is 0 Å². The van der Waals surface area contributed by atoms with E-state index in [0.717, 1.165) is 30.6 Å². The van der Waals surface area contributed by atoms with E-state index in [-0.39, 0.29) is 5.41 Å². The zero-order valence-corrected chi connectivity index (χ0v) is 11.7. The third-order valence-electron chi connectivity index (χ3n) is 4.65. The molecular formula is C16H23NO2. The van der Waals surface area contributed by atoms with Crippen molar-refractivity contribution in [1.82, 2.24) is 0 Å². The Morgan fingerprint density at radius 2 is 2.05 bits per heavy atom. The van der Waals surface area contributed by atoms with Gasteiger partial charge in [-0.25, -0.2) is 0 Å². The summed E-state index contributed by atoms with van der Waals surface area (Å²) in [6.45, 7) is 1.54. The van der Waals surface area contributed by atoms with Crippen molar-refractivity contribution in [3.8, 4) is 11.5 Å². The summed E-state index contributed by atoms with van der Waals surface area (Å²) < 4.78 is 11.3. The molecule has 3 nitrogen and oxygen atoms in total. The molecule has 3 rings (SSSR count). The van der Waals surface area contributed by atoms with Crippen molar-refractivity contribution < 1.29 is 9.47 Å². The van der Waals surface area contributed by atoms with Crippen LogP contribution in [0.25, 0.3) is 0 Å². The number of methoxy groups -OCH3 is 1. The lowest BCUT2D eigenvalue weighted by Gasteiger charge is -2.41. The highest BCUT2D eigenvalue weighted by Gasteiger charge is 2.37. The van der Waals surface area contributed by atoms with E-state index in [9.17, 15) is 0 Å². The third-order valence-corrected chi connectivity index (χ3v) is 4.65. The molecule has 0 heterocycles. The smallest absolute Gasteiger partial charge is 0.161 e. The number of ether oxygens (including phenoxy) is 2. The predicted octanol–water partition coefficient (Wildman–Crippen LogP) is 2.86. The van der Waals surface area contributed by atoms with Crippen LogP contribution in [-0.4, -0.2) is 20.3 Å². The molecule has 0 spiro atoms. The molecule has 0 atom stereocenters. The largest absolute Gasteiger partial charge is 0.493 e. The first-order valence-corrected chi connectivity index (χ1v) is 7.29. The lowest BCUT2D eigenvalue weighted by Crippen LogP contribution is -2.41. The quantitative estimate of drug-likeness (QED) is 0.856. The minimum Gasteiger partial charge on any atom is -0.493 e. The highest BCUT2D eigenvalue weighted by atomic mass is 16.5. The van der Waals surface area contributed by atoms with Gasteiger partial charge in [0.05, 0.1) is 13.7 Å². The minimum absolute atomic E-state index is 0.183. The standard InChI is InChI=1S/C16H23NO2/c1-18-15-9-13(16(11-17)7-2-8-16)5-6-14(15)19-10-12-3-4-12/h5-6,9,12H,2-4,7-8,10-11,17H2,1H3. The Balaban J connectivity index is 1.79. The van der Waals surface area contributed by atoms with Gasteiger partial charge in [0.15, 0.2) is 11.5 Å². The van der Waals surface area contributed by atoms with Gasteiger partial charge >= 0.3 is 0 Å². The zero-order chi connectivity index (χ0) is 13.3. The second-order valence-electron chi connectivity index (χ2n) is 5.96. The average molecular weight is 261 g/mol. The predicted molar refractivity (Wildman–Crippen MR) is 75.8 cm³/mol. The Hall–Kier alpha value is -1.22. The number of hydrogen-bond donors (Lipinski definition) is 1. The molecule has 2 saturated carbocycles. The van der Waals surface area contributed by atoms with Gasteiger partial charge < -0.3 is 15.2 Å². The van der Waals surface area contributed by atoms with Crippen molar-refractivity contribution in [3.63, 3.8) is 0 Å². The van der Waals surface area contributed by atoms with Gasteiger partial charge in [-0.3, -0.25) is 0 Å². The molecule has 1 aromatic carbocycles. The lowest BCUT2D eigenvalue weighted by atomic mass is 9.64. The molecule has 2 aliphatic rings. The number of rotatable bonds is 6. The molecule has 104 valence electrons. The van der Waals surface area contributed by atoms with Crippen molar-refractivity contribution in [2.75, 3.05) is 20.3 Å². The molecule has 19 heavy (non-hydrogen) atoms. The first kappa shape index (κ1) is 12.8. The van der Waals surface area contributed by atoms with Crippen molar-refractivity contribution in [3.05, 3.63) is 23.8 Å². The molecule has 2 N–H and O–H groups in total. The summed E-state index contributed by atoms with van der Waals surface area (Å²) in [7, 11) is 1.71. The summed E-state index contributed by atoms with van der Waals surface area (Å²) in [6, 6.07) is 6.33. The van der Waals surface area contributed by atoms with Crippen molar-refractivity contribution >= 4 is 0 Å². The first-order chi connectivity index (χ1) is 9.27. The lowest BCUT2D eigenvalue weighted by molar-refractivity contribution is 0.249. The molecule has 0 radical (unpaired) electrons. The fourth-order valence-electron chi connectivity index (χ4n) is 2.82. The summed E-state index contributed by atoms with van der Waals surface area (Å²) in [5.41, 5.74) is 7.45. The van der Waals surface area contributed by atoms with E-state index in [1.165, 1.54) is 37.7 Å². The van der Waals surface area contributed by atoms with E-state index in [1.807, 2.05) is 6.07 Å². The normalized spacial score (nSPS) is 20.7.